The van der Waals surface area contributed by atoms with Crippen molar-refractivity contribution >= 4 is 50.5 Å². The topological polar surface area (TPSA) is 81.8 Å². The molecule has 37 heavy (non-hydrogen) atoms. The Balaban J connectivity index is 1.45. The summed E-state index contributed by atoms with van der Waals surface area (Å²) in [4.78, 5) is 44.6. The second-order valence-electron chi connectivity index (χ2n) is 9.28. The number of benzene rings is 3. The number of amides is 3. The molecule has 2 aliphatic heterocycles. The highest BCUT2D eigenvalue weighted by Crippen LogP contribution is 2.41. The van der Waals surface area contributed by atoms with E-state index in [4.69, 9.17) is 0 Å². The molecule has 0 spiro atoms. The summed E-state index contributed by atoms with van der Waals surface area (Å²) in [6.45, 7) is 2.77. The third kappa shape index (κ3) is 4.50. The van der Waals surface area contributed by atoms with E-state index in [9.17, 15) is 14.4 Å². The van der Waals surface area contributed by atoms with E-state index in [0.717, 1.165) is 28.7 Å². The number of nitrogens with zero attached hydrogens (tertiary/aromatic N) is 2. The minimum absolute atomic E-state index is 0.0789. The maximum Gasteiger partial charge on any atom is 0.269 e. The quantitative estimate of drug-likeness (QED) is 0.420. The molecule has 2 aliphatic rings. The lowest BCUT2D eigenvalue weighted by Gasteiger charge is -2.31. The molecule has 0 radical (unpaired) electrons. The van der Waals surface area contributed by atoms with Crippen LogP contribution in [0.2, 0.25) is 0 Å². The zero-order chi connectivity index (χ0) is 25.4. The molecule has 3 aromatic carbocycles. The van der Waals surface area contributed by atoms with Crippen molar-refractivity contribution in [1.82, 2.24) is 10.2 Å². The van der Waals surface area contributed by atoms with Crippen LogP contribution in [0.15, 0.2) is 78.9 Å². The second-order valence-corrected chi connectivity index (χ2v) is 10.4. The van der Waals surface area contributed by atoms with Crippen molar-refractivity contribution in [1.29, 1.82) is 0 Å². The number of piperazine rings is 1. The smallest absolute Gasteiger partial charge is 0.269 e. The maximum atomic E-state index is 14.2. The Morgan fingerprint density at radius 2 is 1.62 bits per heavy atom. The predicted molar refractivity (Wildman–Crippen MR) is 146 cm³/mol. The Morgan fingerprint density at radius 3 is 2.41 bits per heavy atom. The third-order valence-electron chi connectivity index (χ3n) is 6.91. The summed E-state index contributed by atoms with van der Waals surface area (Å²) in [6, 6.07) is 24.2. The molecule has 8 heteroatoms. The van der Waals surface area contributed by atoms with Crippen LogP contribution >= 0.6 is 11.3 Å². The molecule has 3 amide bonds. The summed E-state index contributed by atoms with van der Waals surface area (Å²) in [7, 11) is 0. The molecule has 1 unspecified atom stereocenters. The molecule has 4 aromatic rings. The Kier molecular flexibility index (Phi) is 6.20. The molecule has 7 nitrogen and oxygen atoms in total. The van der Waals surface area contributed by atoms with Crippen LogP contribution in [0.25, 0.3) is 10.1 Å². The summed E-state index contributed by atoms with van der Waals surface area (Å²) in [6.07, 6.45) is 0.108. The van der Waals surface area contributed by atoms with Crippen molar-refractivity contribution < 1.29 is 14.4 Å². The number of thiophene rings is 1. The van der Waals surface area contributed by atoms with E-state index >= 15 is 0 Å². The number of hydrogen-bond donors (Lipinski definition) is 2. The van der Waals surface area contributed by atoms with Crippen LogP contribution in [0, 0.1) is 0 Å². The number of carbonyl (C=O) groups is 3. The van der Waals surface area contributed by atoms with E-state index in [0.29, 0.717) is 34.9 Å². The van der Waals surface area contributed by atoms with Crippen LogP contribution in [-0.4, -0.2) is 48.8 Å². The average molecular weight is 511 g/mol. The Labute approximate surface area is 218 Å². The number of hydrogen-bond acceptors (Lipinski definition) is 5. The summed E-state index contributed by atoms with van der Waals surface area (Å²) in [5.41, 5.74) is 2.42. The molecule has 1 atom stereocenters. The largest absolute Gasteiger partial charge is 0.336 e. The van der Waals surface area contributed by atoms with Crippen molar-refractivity contribution in [2.24, 2.45) is 0 Å². The zero-order valence-electron chi connectivity index (χ0n) is 20.1. The third-order valence-corrected chi connectivity index (χ3v) is 8.02. The standard InChI is InChI=1S/C29H26N4O3S/c34-27-18-24(19-6-2-1-3-7-19)33(29(36)26-17-20-8-4-5-9-25(20)37-26)23-11-10-21(16-22(23)31-27)28(35)32-14-12-30-13-15-32/h1-11,16-17,24,30H,12-15,18H2,(H,31,34). The molecular formula is C29H26N4O3S. The van der Waals surface area contributed by atoms with Gasteiger partial charge in [-0.05, 0) is 41.3 Å². The van der Waals surface area contributed by atoms with Gasteiger partial charge in [-0.25, -0.2) is 0 Å². The van der Waals surface area contributed by atoms with Gasteiger partial charge >= 0.3 is 0 Å². The summed E-state index contributed by atoms with van der Waals surface area (Å²) in [5.74, 6) is -0.452. The van der Waals surface area contributed by atoms with E-state index in [1.165, 1.54) is 11.3 Å². The molecule has 0 saturated carbocycles. The van der Waals surface area contributed by atoms with Gasteiger partial charge in [-0.2, -0.15) is 0 Å². The van der Waals surface area contributed by atoms with Gasteiger partial charge in [0.25, 0.3) is 11.8 Å². The van der Waals surface area contributed by atoms with E-state index in [-0.39, 0.29) is 24.1 Å². The highest BCUT2D eigenvalue weighted by Gasteiger charge is 2.35. The number of rotatable bonds is 3. The van der Waals surface area contributed by atoms with Crippen LogP contribution in [0.3, 0.4) is 0 Å². The van der Waals surface area contributed by atoms with Crippen LogP contribution in [0.4, 0.5) is 11.4 Å². The van der Waals surface area contributed by atoms with Crippen molar-refractivity contribution in [2.45, 2.75) is 12.5 Å². The first-order valence-electron chi connectivity index (χ1n) is 12.4. The first kappa shape index (κ1) is 23.4. The zero-order valence-corrected chi connectivity index (χ0v) is 21.0. The summed E-state index contributed by atoms with van der Waals surface area (Å²) >= 11 is 1.44. The molecule has 1 fully saturated rings. The van der Waals surface area contributed by atoms with Gasteiger partial charge in [0.2, 0.25) is 5.91 Å². The van der Waals surface area contributed by atoms with Gasteiger partial charge in [0, 0.05) is 36.4 Å². The summed E-state index contributed by atoms with van der Waals surface area (Å²) in [5, 5.41) is 7.23. The van der Waals surface area contributed by atoms with Crippen molar-refractivity contribution in [3.63, 3.8) is 0 Å². The molecule has 1 saturated heterocycles. The fraction of sp³-hybridized carbons (Fsp3) is 0.207. The SMILES string of the molecule is O=C1CC(c2ccccc2)N(C(=O)c2cc3ccccc3s2)c2ccc(C(=O)N3CCNCC3)cc2N1. The first-order valence-corrected chi connectivity index (χ1v) is 13.2. The van der Waals surface area contributed by atoms with Crippen molar-refractivity contribution in [3.8, 4) is 0 Å². The lowest BCUT2D eigenvalue weighted by atomic mass is 10.0. The molecule has 0 bridgehead atoms. The van der Waals surface area contributed by atoms with E-state index in [1.54, 1.807) is 23.1 Å². The van der Waals surface area contributed by atoms with Gasteiger partial charge < -0.3 is 15.5 Å². The van der Waals surface area contributed by atoms with Crippen molar-refractivity contribution in [2.75, 3.05) is 36.4 Å². The minimum Gasteiger partial charge on any atom is -0.336 e. The molecule has 6 rings (SSSR count). The summed E-state index contributed by atoms with van der Waals surface area (Å²) < 4.78 is 1.03. The van der Waals surface area contributed by atoms with E-state index in [1.807, 2.05) is 65.6 Å². The van der Waals surface area contributed by atoms with Crippen molar-refractivity contribution in [3.05, 3.63) is 94.9 Å². The van der Waals surface area contributed by atoms with Crippen LogP contribution in [0.1, 0.15) is 38.1 Å². The predicted octanol–water partition coefficient (Wildman–Crippen LogP) is 4.68. The highest BCUT2D eigenvalue weighted by atomic mass is 32.1. The maximum absolute atomic E-state index is 14.2. The van der Waals surface area contributed by atoms with Crippen LogP contribution < -0.4 is 15.5 Å². The molecule has 3 heterocycles. The van der Waals surface area contributed by atoms with E-state index < -0.39 is 6.04 Å². The number of anilines is 2. The lowest BCUT2D eigenvalue weighted by Crippen LogP contribution is -2.46. The lowest BCUT2D eigenvalue weighted by molar-refractivity contribution is -0.116. The Hall–Kier alpha value is -4.01. The molecule has 1 aromatic heterocycles. The number of fused-ring (bicyclic) bond motifs is 2. The van der Waals surface area contributed by atoms with Gasteiger partial charge in [0.1, 0.15) is 0 Å². The molecule has 0 aliphatic carbocycles. The fourth-order valence-electron chi connectivity index (χ4n) is 5.06. The van der Waals surface area contributed by atoms with Crippen LogP contribution in [0.5, 0.6) is 0 Å². The molecular weight excluding hydrogens is 484 g/mol. The normalized spacial score (nSPS) is 17.7. The molecule has 186 valence electrons. The van der Waals surface area contributed by atoms with Gasteiger partial charge in [0.15, 0.2) is 0 Å². The second kappa shape index (κ2) is 9.80. The van der Waals surface area contributed by atoms with Gasteiger partial charge in [-0.3, -0.25) is 19.3 Å². The van der Waals surface area contributed by atoms with Gasteiger partial charge in [0.05, 0.1) is 28.7 Å². The van der Waals surface area contributed by atoms with E-state index in [2.05, 4.69) is 10.6 Å². The monoisotopic (exact) mass is 510 g/mol. The Morgan fingerprint density at radius 1 is 0.865 bits per heavy atom. The Bertz CT molecular complexity index is 1460. The van der Waals surface area contributed by atoms with Crippen LogP contribution in [-0.2, 0) is 4.79 Å². The fourth-order valence-corrected chi connectivity index (χ4v) is 6.06. The first-order chi connectivity index (χ1) is 18.1. The van der Waals surface area contributed by atoms with Gasteiger partial charge in [-0.1, -0.05) is 48.5 Å². The number of carbonyl (C=O) groups excluding carboxylic acids is 3. The number of nitrogens with one attached hydrogen (secondary N) is 2. The van der Waals surface area contributed by atoms with Gasteiger partial charge in [-0.15, -0.1) is 11.3 Å². The minimum atomic E-state index is -0.491. The average Bonchev–Trinajstić information content (AvgIpc) is 3.32. The highest BCUT2D eigenvalue weighted by molar-refractivity contribution is 7.20. The molecule has 2 N–H and O–H groups in total.